The molecule has 2 N–H and O–H groups in total. The number of thiophene rings is 1. The van der Waals surface area contributed by atoms with Crippen LogP contribution in [0, 0.1) is 11.8 Å². The maximum atomic E-state index is 11.7. The van der Waals surface area contributed by atoms with Crippen molar-refractivity contribution >= 4 is 27.1 Å². The molecule has 0 spiro atoms. The van der Waals surface area contributed by atoms with E-state index >= 15 is 0 Å². The van der Waals surface area contributed by atoms with Gasteiger partial charge in [0.05, 0.1) is 16.2 Å². The van der Waals surface area contributed by atoms with Gasteiger partial charge in [-0.25, -0.2) is 8.42 Å². The minimum Gasteiger partial charge on any atom is -0.384 e. The summed E-state index contributed by atoms with van der Waals surface area (Å²) in [5.74, 6) is 4.89. The third-order valence-electron chi connectivity index (χ3n) is 2.29. The number of carbonyl (C=O) groups excluding carboxylic acids is 1. The SMILES string of the molecule is CCS(=O)(=O)CCNC(=O)c1csc(C#CCO)c1. The van der Waals surface area contributed by atoms with Crippen LogP contribution in [-0.4, -0.2) is 44.1 Å². The van der Waals surface area contributed by atoms with Crippen molar-refractivity contribution in [3.63, 3.8) is 0 Å². The quantitative estimate of drug-likeness (QED) is 0.764. The van der Waals surface area contributed by atoms with Gasteiger partial charge in [0.2, 0.25) is 0 Å². The Morgan fingerprint density at radius 3 is 2.89 bits per heavy atom. The number of hydrogen-bond donors (Lipinski definition) is 2. The second kappa shape index (κ2) is 7.28. The summed E-state index contributed by atoms with van der Waals surface area (Å²) in [5, 5.41) is 12.7. The minimum absolute atomic E-state index is 0.0590. The standard InChI is InChI=1S/C12H15NO4S2/c1-2-19(16,17)7-5-13-12(15)10-8-11(18-9-10)4-3-6-14/h8-9,14H,2,5-7H2,1H3,(H,13,15). The Bertz CT molecular complexity index is 593. The van der Waals surface area contributed by atoms with E-state index in [0.717, 1.165) is 0 Å². The summed E-state index contributed by atoms with van der Waals surface area (Å²) in [5.41, 5.74) is 0.445. The third-order valence-corrected chi connectivity index (χ3v) is 4.84. The van der Waals surface area contributed by atoms with Crippen LogP contribution < -0.4 is 5.32 Å². The Labute approximate surface area is 116 Å². The van der Waals surface area contributed by atoms with E-state index in [2.05, 4.69) is 17.2 Å². The van der Waals surface area contributed by atoms with E-state index in [1.165, 1.54) is 11.3 Å². The molecular weight excluding hydrogens is 286 g/mol. The lowest BCUT2D eigenvalue weighted by molar-refractivity contribution is 0.0956. The lowest BCUT2D eigenvalue weighted by atomic mass is 10.3. The Kier molecular flexibility index (Phi) is 6.02. The molecular formula is C12H15NO4S2. The van der Waals surface area contributed by atoms with Crippen LogP contribution in [-0.2, 0) is 9.84 Å². The molecule has 1 aromatic rings. The molecule has 0 atom stereocenters. The second-order valence-corrected chi connectivity index (χ2v) is 7.04. The van der Waals surface area contributed by atoms with E-state index in [-0.39, 0.29) is 30.6 Å². The number of sulfone groups is 1. The summed E-state index contributed by atoms with van der Waals surface area (Å²) in [6, 6.07) is 1.61. The zero-order valence-corrected chi connectivity index (χ0v) is 12.1. The Balaban J connectivity index is 2.52. The van der Waals surface area contributed by atoms with Gasteiger partial charge in [0.15, 0.2) is 9.84 Å². The molecule has 0 aliphatic rings. The first-order valence-corrected chi connectivity index (χ1v) is 8.35. The third kappa shape index (κ3) is 5.42. The van der Waals surface area contributed by atoms with Gasteiger partial charge in [-0.15, -0.1) is 11.3 Å². The van der Waals surface area contributed by atoms with E-state index in [1.807, 2.05) is 0 Å². The van der Waals surface area contributed by atoms with Crippen LogP contribution in [0.25, 0.3) is 0 Å². The van der Waals surface area contributed by atoms with Gasteiger partial charge in [-0.3, -0.25) is 4.79 Å². The monoisotopic (exact) mass is 301 g/mol. The Morgan fingerprint density at radius 2 is 2.26 bits per heavy atom. The molecule has 0 saturated heterocycles. The van der Waals surface area contributed by atoms with Crippen molar-refractivity contribution < 1.29 is 18.3 Å². The first-order chi connectivity index (χ1) is 8.98. The first-order valence-electron chi connectivity index (χ1n) is 5.65. The molecule has 0 unspecified atom stereocenters. The number of rotatable bonds is 5. The molecule has 104 valence electrons. The predicted octanol–water partition coefficient (Wildman–Crippen LogP) is 0.256. The number of carbonyl (C=O) groups is 1. The first kappa shape index (κ1) is 15.7. The van der Waals surface area contributed by atoms with E-state index in [9.17, 15) is 13.2 Å². The van der Waals surface area contributed by atoms with Gasteiger partial charge in [-0.1, -0.05) is 18.8 Å². The lowest BCUT2D eigenvalue weighted by Crippen LogP contribution is -2.29. The van der Waals surface area contributed by atoms with E-state index in [4.69, 9.17) is 5.11 Å². The van der Waals surface area contributed by atoms with Crippen molar-refractivity contribution in [2.45, 2.75) is 6.92 Å². The highest BCUT2D eigenvalue weighted by atomic mass is 32.2. The molecule has 0 aliphatic heterocycles. The summed E-state index contributed by atoms with van der Waals surface area (Å²) >= 11 is 1.30. The lowest BCUT2D eigenvalue weighted by Gasteiger charge is -2.03. The predicted molar refractivity (Wildman–Crippen MR) is 74.9 cm³/mol. The Morgan fingerprint density at radius 1 is 1.53 bits per heavy atom. The van der Waals surface area contributed by atoms with Gasteiger partial charge in [-0.05, 0) is 6.07 Å². The van der Waals surface area contributed by atoms with Crippen LogP contribution >= 0.6 is 11.3 Å². The normalized spacial score (nSPS) is 10.6. The molecule has 0 aromatic carbocycles. The highest BCUT2D eigenvalue weighted by Crippen LogP contribution is 2.13. The number of nitrogens with one attached hydrogen (secondary N) is 1. The fourth-order valence-corrected chi connectivity index (χ4v) is 2.67. The molecule has 0 aliphatic carbocycles. The summed E-state index contributed by atoms with van der Waals surface area (Å²) in [6.45, 7) is 1.44. The smallest absolute Gasteiger partial charge is 0.252 e. The van der Waals surface area contributed by atoms with Gasteiger partial charge < -0.3 is 10.4 Å². The van der Waals surface area contributed by atoms with Crippen LogP contribution in [0.5, 0.6) is 0 Å². The van der Waals surface area contributed by atoms with Gasteiger partial charge >= 0.3 is 0 Å². The minimum atomic E-state index is -3.07. The second-order valence-electron chi connectivity index (χ2n) is 3.65. The number of hydrogen-bond acceptors (Lipinski definition) is 5. The average Bonchev–Trinajstić information content (AvgIpc) is 2.85. The number of aliphatic hydroxyl groups excluding tert-OH is 1. The van der Waals surface area contributed by atoms with E-state index < -0.39 is 9.84 Å². The molecule has 0 bridgehead atoms. The van der Waals surface area contributed by atoms with Crippen molar-refractivity contribution in [3.05, 3.63) is 21.9 Å². The van der Waals surface area contributed by atoms with Gasteiger partial charge in [0, 0.05) is 17.7 Å². The molecule has 0 radical (unpaired) electrons. The molecule has 19 heavy (non-hydrogen) atoms. The number of aliphatic hydroxyl groups is 1. The number of amides is 1. The van der Waals surface area contributed by atoms with Crippen LogP contribution in [0.2, 0.25) is 0 Å². The fourth-order valence-electron chi connectivity index (χ4n) is 1.21. The molecule has 1 aromatic heterocycles. The molecule has 1 rings (SSSR count). The Hall–Kier alpha value is -1.36. The van der Waals surface area contributed by atoms with Gasteiger partial charge in [-0.2, -0.15) is 0 Å². The van der Waals surface area contributed by atoms with Crippen molar-refractivity contribution in [2.75, 3.05) is 24.7 Å². The maximum absolute atomic E-state index is 11.7. The van der Waals surface area contributed by atoms with Crippen LogP contribution in [0.15, 0.2) is 11.4 Å². The highest BCUT2D eigenvalue weighted by Gasteiger charge is 2.10. The summed E-state index contributed by atoms with van der Waals surface area (Å²) < 4.78 is 22.5. The average molecular weight is 301 g/mol. The molecule has 1 heterocycles. The summed E-state index contributed by atoms with van der Waals surface area (Å²) in [4.78, 5) is 12.4. The fraction of sp³-hybridized carbons (Fsp3) is 0.417. The molecule has 0 fully saturated rings. The van der Waals surface area contributed by atoms with Crippen molar-refractivity contribution in [1.82, 2.24) is 5.32 Å². The van der Waals surface area contributed by atoms with Crippen molar-refractivity contribution in [2.24, 2.45) is 0 Å². The van der Waals surface area contributed by atoms with Gasteiger partial charge in [0.1, 0.15) is 6.61 Å². The zero-order chi connectivity index (χ0) is 14.3. The highest BCUT2D eigenvalue weighted by molar-refractivity contribution is 7.91. The van der Waals surface area contributed by atoms with Gasteiger partial charge in [0.25, 0.3) is 5.91 Å². The molecule has 0 saturated carbocycles. The van der Waals surface area contributed by atoms with E-state index in [1.54, 1.807) is 18.4 Å². The summed E-state index contributed by atoms with van der Waals surface area (Å²) in [6.07, 6.45) is 0. The zero-order valence-electron chi connectivity index (χ0n) is 10.5. The summed E-state index contributed by atoms with van der Waals surface area (Å²) in [7, 11) is -3.07. The maximum Gasteiger partial charge on any atom is 0.252 e. The molecule has 7 heteroatoms. The van der Waals surface area contributed by atoms with Crippen LogP contribution in [0.3, 0.4) is 0 Å². The van der Waals surface area contributed by atoms with Crippen molar-refractivity contribution in [3.8, 4) is 11.8 Å². The molecule has 1 amide bonds. The van der Waals surface area contributed by atoms with Crippen molar-refractivity contribution in [1.29, 1.82) is 0 Å². The molecule has 5 nitrogen and oxygen atoms in total. The van der Waals surface area contributed by atoms with Crippen LogP contribution in [0.1, 0.15) is 22.2 Å². The van der Waals surface area contributed by atoms with Crippen LogP contribution in [0.4, 0.5) is 0 Å². The van der Waals surface area contributed by atoms with E-state index in [0.29, 0.717) is 10.4 Å². The largest absolute Gasteiger partial charge is 0.384 e. The topological polar surface area (TPSA) is 83.5 Å².